The number of nitrogens with zero attached hydrogens (tertiary/aromatic N) is 4. The van der Waals surface area contributed by atoms with Crippen LogP contribution in [0.5, 0.6) is 11.6 Å². The third kappa shape index (κ3) is 6.20. The second-order valence-electron chi connectivity index (χ2n) is 11.0. The van der Waals surface area contributed by atoms with Gasteiger partial charge in [-0.2, -0.15) is 10.0 Å². The lowest BCUT2D eigenvalue weighted by Crippen LogP contribution is -2.29. The molecule has 0 saturated carbocycles. The van der Waals surface area contributed by atoms with Crippen molar-refractivity contribution in [1.29, 1.82) is 0 Å². The van der Waals surface area contributed by atoms with E-state index < -0.39 is 39.0 Å². The molecule has 15 heteroatoms. The molecule has 1 unspecified atom stereocenters. The van der Waals surface area contributed by atoms with Gasteiger partial charge in [-0.05, 0) is 56.6 Å². The molecule has 0 saturated heterocycles. The van der Waals surface area contributed by atoms with E-state index in [2.05, 4.69) is 30.5 Å². The Labute approximate surface area is 273 Å². The summed E-state index contributed by atoms with van der Waals surface area (Å²) in [6.07, 6.45) is 0.701. The number of aromatic amines is 2. The zero-order chi connectivity index (χ0) is 34.0. The number of methoxy groups -OCH3 is 1. The minimum atomic E-state index is -2.75. The van der Waals surface area contributed by atoms with Crippen LogP contribution in [0, 0.1) is 11.6 Å². The molecule has 1 aliphatic heterocycles. The molecule has 2 aromatic carbocycles. The van der Waals surface area contributed by atoms with Crippen molar-refractivity contribution >= 4 is 32.4 Å². The van der Waals surface area contributed by atoms with Crippen molar-refractivity contribution in [3.05, 3.63) is 134 Å². The maximum atomic E-state index is 15.4. The molecular weight excluding hydrogens is 644 g/mol. The van der Waals surface area contributed by atoms with Gasteiger partial charge in [-0.15, -0.1) is 10.2 Å². The molecule has 3 N–H and O–H groups in total. The quantitative estimate of drug-likeness (QED) is 0.184. The zero-order valence-electron chi connectivity index (χ0n) is 25.9. The number of nitrogens with one attached hydrogen (secondary N) is 3. The molecule has 0 spiro atoms. The molecule has 246 valence electrons. The summed E-state index contributed by atoms with van der Waals surface area (Å²) in [5, 5.41) is 11.2. The number of aromatic nitrogens is 5. The standard InChI is InChI=1S/C33H29F2N7O5S/c1-42(2)18-48(17-21-22(34)10-7-11-23(21)35)29(19-12-14-25(36-16-19)37-33(45)47-20-8-5-4-6-9-20)27(24-13-15-26(46-3)41-40-24)28-30(43)38-32(44)39-31(28)48/h4-16H,17-18H2,1-3H3,(H,36,37,45)(H2,38,39,43,44). The Morgan fingerprint density at radius 3 is 2.31 bits per heavy atom. The fraction of sp³-hybridized carbons (Fsp3) is 0.152. The number of carbonyl (C=O) groups is 1. The van der Waals surface area contributed by atoms with Crippen LogP contribution in [0.1, 0.15) is 22.4 Å². The number of hydrogen-bond acceptors (Lipinski definition) is 9. The number of para-hydroxylation sites is 1. The van der Waals surface area contributed by atoms with E-state index in [1.807, 2.05) is 4.90 Å². The first-order valence-electron chi connectivity index (χ1n) is 14.5. The van der Waals surface area contributed by atoms with Gasteiger partial charge in [0.05, 0.1) is 23.4 Å². The predicted molar refractivity (Wildman–Crippen MR) is 177 cm³/mol. The van der Waals surface area contributed by atoms with Crippen molar-refractivity contribution in [1.82, 2.24) is 30.0 Å². The zero-order valence-corrected chi connectivity index (χ0v) is 26.7. The first kappa shape index (κ1) is 32.3. The first-order valence-corrected chi connectivity index (χ1v) is 16.4. The molecule has 0 bridgehead atoms. The number of carbonyl (C=O) groups excluding carboxylic acids is 1. The SMILES string of the molecule is COc1ccc(C2=C(c3ccc(NC(=O)Oc4ccccc4)nc3)S(Cc3c(F)cccc3F)(CN(C)C)c3[nH]c(=O)[nH]c(=O)c32)nn1. The summed E-state index contributed by atoms with van der Waals surface area (Å²) < 4.78 is 41.3. The molecule has 48 heavy (non-hydrogen) atoms. The van der Waals surface area contributed by atoms with Gasteiger partial charge in [0, 0.05) is 45.5 Å². The van der Waals surface area contributed by atoms with E-state index in [1.54, 1.807) is 62.6 Å². The summed E-state index contributed by atoms with van der Waals surface area (Å²) in [4.78, 5) is 51.0. The van der Waals surface area contributed by atoms with E-state index in [-0.39, 0.29) is 45.2 Å². The lowest BCUT2D eigenvalue weighted by atomic mass is 10.0. The highest BCUT2D eigenvalue weighted by molar-refractivity contribution is 8.40. The monoisotopic (exact) mass is 673 g/mol. The van der Waals surface area contributed by atoms with Crippen molar-refractivity contribution in [3.63, 3.8) is 0 Å². The number of rotatable bonds is 9. The molecule has 3 aromatic heterocycles. The molecule has 12 nitrogen and oxygen atoms in total. The number of pyridine rings is 1. The largest absolute Gasteiger partial charge is 0.480 e. The Morgan fingerprint density at radius 2 is 1.69 bits per heavy atom. The molecular formula is C33H29F2N7O5S. The van der Waals surface area contributed by atoms with Crippen molar-refractivity contribution in [2.45, 2.75) is 10.8 Å². The number of H-pyrrole nitrogens is 2. The van der Waals surface area contributed by atoms with E-state index in [9.17, 15) is 14.4 Å². The lowest BCUT2D eigenvalue weighted by Gasteiger charge is -2.41. The third-order valence-electron chi connectivity index (χ3n) is 7.41. The predicted octanol–water partition coefficient (Wildman–Crippen LogP) is 4.96. The Hall–Kier alpha value is -5.67. The van der Waals surface area contributed by atoms with Crippen LogP contribution in [0.25, 0.3) is 10.5 Å². The summed E-state index contributed by atoms with van der Waals surface area (Å²) in [5.74, 6) is -0.902. The van der Waals surface area contributed by atoms with Gasteiger partial charge in [0.15, 0.2) is 0 Å². The van der Waals surface area contributed by atoms with Crippen LogP contribution in [0.2, 0.25) is 0 Å². The van der Waals surface area contributed by atoms with E-state index in [4.69, 9.17) is 9.47 Å². The normalized spacial score (nSPS) is 16.7. The highest BCUT2D eigenvalue weighted by Gasteiger charge is 2.46. The number of benzene rings is 2. The van der Waals surface area contributed by atoms with Gasteiger partial charge in [0.25, 0.3) is 5.56 Å². The van der Waals surface area contributed by atoms with E-state index in [1.165, 1.54) is 25.4 Å². The van der Waals surface area contributed by atoms with Crippen molar-refractivity contribution in [3.8, 4) is 11.6 Å². The van der Waals surface area contributed by atoms with Crippen LogP contribution in [0.15, 0.2) is 93.6 Å². The van der Waals surface area contributed by atoms with Crippen molar-refractivity contribution < 1.29 is 23.0 Å². The Balaban J connectivity index is 1.58. The second-order valence-corrected chi connectivity index (χ2v) is 14.1. The highest BCUT2D eigenvalue weighted by Crippen LogP contribution is 2.74. The van der Waals surface area contributed by atoms with Gasteiger partial charge < -0.3 is 19.4 Å². The number of amides is 1. The first-order chi connectivity index (χ1) is 23.1. The second kappa shape index (κ2) is 13.2. The van der Waals surface area contributed by atoms with Crippen LogP contribution in [-0.4, -0.2) is 63.2 Å². The van der Waals surface area contributed by atoms with Gasteiger partial charge in [-0.1, -0.05) is 24.3 Å². The molecule has 0 radical (unpaired) electrons. The van der Waals surface area contributed by atoms with Crippen LogP contribution in [-0.2, 0) is 5.75 Å². The topological polar surface area (TPSA) is 155 Å². The van der Waals surface area contributed by atoms with Crippen LogP contribution >= 0.6 is 10.0 Å². The minimum Gasteiger partial charge on any atom is -0.480 e. The van der Waals surface area contributed by atoms with Gasteiger partial charge in [-0.25, -0.2) is 23.4 Å². The number of ether oxygens (including phenoxy) is 2. The molecule has 4 heterocycles. The van der Waals surface area contributed by atoms with Crippen molar-refractivity contribution in [2.24, 2.45) is 0 Å². The average molecular weight is 674 g/mol. The molecule has 6 rings (SSSR count). The fourth-order valence-electron chi connectivity index (χ4n) is 5.58. The lowest BCUT2D eigenvalue weighted by molar-refractivity contribution is 0.215. The minimum absolute atomic E-state index is 0.0892. The van der Waals surface area contributed by atoms with Gasteiger partial charge in [-0.3, -0.25) is 15.1 Å². The molecule has 1 amide bonds. The number of anilines is 1. The fourth-order valence-corrected chi connectivity index (χ4v) is 10.1. The average Bonchev–Trinajstić information content (AvgIpc) is 3.33. The van der Waals surface area contributed by atoms with Gasteiger partial charge in [0.2, 0.25) is 5.88 Å². The van der Waals surface area contributed by atoms with Gasteiger partial charge in [0.1, 0.15) is 23.2 Å². The maximum Gasteiger partial charge on any atom is 0.418 e. The summed E-state index contributed by atoms with van der Waals surface area (Å²) in [7, 11) is 2.25. The number of halogens is 2. The van der Waals surface area contributed by atoms with Crippen LogP contribution < -0.4 is 26.0 Å². The smallest absolute Gasteiger partial charge is 0.418 e. The summed E-state index contributed by atoms with van der Waals surface area (Å²) in [6.45, 7) is 0. The van der Waals surface area contributed by atoms with Gasteiger partial charge >= 0.3 is 11.8 Å². The molecule has 1 aliphatic rings. The van der Waals surface area contributed by atoms with Crippen molar-refractivity contribution in [2.75, 3.05) is 32.4 Å². The summed E-state index contributed by atoms with van der Waals surface area (Å²) in [6, 6.07) is 18.4. The molecule has 5 aromatic rings. The third-order valence-corrected chi connectivity index (χ3v) is 11.5. The highest BCUT2D eigenvalue weighted by atomic mass is 32.3. The number of fused-ring (bicyclic) bond motifs is 1. The molecule has 0 fully saturated rings. The van der Waals surface area contributed by atoms with E-state index >= 15 is 8.78 Å². The Kier molecular flexibility index (Phi) is 8.88. The van der Waals surface area contributed by atoms with E-state index in [0.717, 1.165) is 12.1 Å². The Morgan fingerprint density at radius 1 is 0.938 bits per heavy atom. The maximum absolute atomic E-state index is 15.4. The summed E-state index contributed by atoms with van der Waals surface area (Å²) >= 11 is 0. The number of hydrogen-bond donors (Lipinski definition) is 3. The van der Waals surface area contributed by atoms with Crippen LogP contribution in [0.4, 0.5) is 19.4 Å². The Bertz CT molecular complexity index is 2120. The molecule has 1 atom stereocenters. The van der Waals surface area contributed by atoms with E-state index in [0.29, 0.717) is 21.8 Å². The van der Waals surface area contributed by atoms with Crippen LogP contribution in [0.3, 0.4) is 0 Å². The molecule has 0 aliphatic carbocycles. The summed E-state index contributed by atoms with van der Waals surface area (Å²) in [5.41, 5.74) is -0.607.